The van der Waals surface area contributed by atoms with Crippen LogP contribution in [-0.2, 0) is 11.2 Å². The van der Waals surface area contributed by atoms with Crippen molar-refractivity contribution in [2.24, 2.45) is 0 Å². The molecule has 1 fully saturated rings. The Bertz CT molecular complexity index is 675. The number of hydrogen-bond donors (Lipinski definition) is 1. The average Bonchev–Trinajstić information content (AvgIpc) is 2.56. The third-order valence-corrected chi connectivity index (χ3v) is 4.25. The van der Waals surface area contributed by atoms with Crippen molar-refractivity contribution in [3.63, 3.8) is 0 Å². The van der Waals surface area contributed by atoms with Gasteiger partial charge in [0.1, 0.15) is 5.82 Å². The normalized spacial score (nSPS) is 18.8. The molecule has 2 aromatic rings. The van der Waals surface area contributed by atoms with Gasteiger partial charge >= 0.3 is 5.97 Å². The van der Waals surface area contributed by atoms with Crippen LogP contribution in [0.2, 0.25) is 0 Å². The van der Waals surface area contributed by atoms with Gasteiger partial charge in [-0.15, -0.1) is 0 Å². The topological polar surface area (TPSA) is 56.7 Å². The van der Waals surface area contributed by atoms with Crippen LogP contribution in [0.15, 0.2) is 48.7 Å². The molecule has 0 saturated carbocycles. The molecule has 1 aromatic carbocycles. The molecule has 1 saturated heterocycles. The van der Waals surface area contributed by atoms with Crippen molar-refractivity contribution in [2.75, 3.05) is 31.6 Å². The van der Waals surface area contributed by atoms with Gasteiger partial charge < -0.3 is 14.9 Å². The third-order valence-electron chi connectivity index (χ3n) is 4.25. The summed E-state index contributed by atoms with van der Waals surface area (Å²) >= 11 is 0. The highest BCUT2D eigenvalue weighted by Crippen LogP contribution is 2.31. The number of hydrogen-bond acceptors (Lipinski definition) is 4. The predicted molar refractivity (Wildman–Crippen MR) is 89.6 cm³/mol. The second-order valence-corrected chi connectivity index (χ2v) is 5.94. The van der Waals surface area contributed by atoms with E-state index in [1.54, 1.807) is 12.3 Å². The van der Waals surface area contributed by atoms with Crippen LogP contribution in [0.1, 0.15) is 17.2 Å². The molecular formula is C18H21N3O2. The number of nitrogens with zero attached hydrogens (tertiary/aromatic N) is 3. The largest absolute Gasteiger partial charge is 0.481 e. The molecule has 1 unspecified atom stereocenters. The first kappa shape index (κ1) is 15.5. The summed E-state index contributed by atoms with van der Waals surface area (Å²) in [4.78, 5) is 20.2. The Labute approximate surface area is 136 Å². The first-order valence-corrected chi connectivity index (χ1v) is 7.81. The number of benzene rings is 1. The molecule has 5 nitrogen and oxygen atoms in total. The standard InChI is InChI=1S/C18H21N3O2/c1-20-10-11-21(16(13-20)14-6-3-2-4-7-14)18-15(12-17(22)23)8-5-9-19-18/h2-9,16H,10-13H2,1H3,(H,22,23). The van der Waals surface area contributed by atoms with Gasteiger partial charge in [-0.25, -0.2) is 4.98 Å². The molecule has 1 N–H and O–H groups in total. The Morgan fingerprint density at radius 3 is 2.74 bits per heavy atom. The number of piperazine rings is 1. The maximum Gasteiger partial charge on any atom is 0.307 e. The minimum Gasteiger partial charge on any atom is -0.481 e. The van der Waals surface area contributed by atoms with Gasteiger partial charge in [0.25, 0.3) is 0 Å². The van der Waals surface area contributed by atoms with Crippen molar-refractivity contribution in [3.05, 3.63) is 59.8 Å². The summed E-state index contributed by atoms with van der Waals surface area (Å²) in [5.74, 6) is -0.0403. The highest BCUT2D eigenvalue weighted by molar-refractivity contribution is 5.72. The highest BCUT2D eigenvalue weighted by atomic mass is 16.4. The van der Waals surface area contributed by atoms with E-state index in [1.807, 2.05) is 24.3 Å². The number of aliphatic carboxylic acids is 1. The van der Waals surface area contributed by atoms with Crippen LogP contribution in [0.3, 0.4) is 0 Å². The third kappa shape index (κ3) is 3.51. The lowest BCUT2D eigenvalue weighted by molar-refractivity contribution is -0.136. The number of carboxylic acid groups (broad SMARTS) is 1. The lowest BCUT2D eigenvalue weighted by Gasteiger charge is -2.41. The van der Waals surface area contributed by atoms with Gasteiger partial charge in [-0.05, 0) is 18.7 Å². The number of carbonyl (C=O) groups is 1. The zero-order valence-electron chi connectivity index (χ0n) is 13.2. The Hall–Kier alpha value is -2.40. The molecule has 0 spiro atoms. The van der Waals surface area contributed by atoms with Crippen LogP contribution < -0.4 is 4.90 Å². The van der Waals surface area contributed by atoms with Gasteiger partial charge in [0, 0.05) is 31.4 Å². The summed E-state index contributed by atoms with van der Waals surface area (Å²) in [5, 5.41) is 9.16. The highest BCUT2D eigenvalue weighted by Gasteiger charge is 2.29. The lowest BCUT2D eigenvalue weighted by atomic mass is 10.0. The van der Waals surface area contributed by atoms with Gasteiger partial charge in [-0.1, -0.05) is 36.4 Å². The Balaban J connectivity index is 1.98. The number of aromatic nitrogens is 1. The van der Waals surface area contributed by atoms with Crippen LogP contribution in [0, 0.1) is 0 Å². The van der Waals surface area contributed by atoms with E-state index in [1.165, 1.54) is 5.56 Å². The van der Waals surface area contributed by atoms with Crippen molar-refractivity contribution in [2.45, 2.75) is 12.5 Å². The molecule has 5 heteroatoms. The monoisotopic (exact) mass is 311 g/mol. The Kier molecular flexibility index (Phi) is 4.57. The maximum absolute atomic E-state index is 11.2. The summed E-state index contributed by atoms with van der Waals surface area (Å²) in [6.45, 7) is 2.67. The molecule has 2 heterocycles. The zero-order valence-corrected chi connectivity index (χ0v) is 13.2. The summed E-state index contributed by atoms with van der Waals surface area (Å²) < 4.78 is 0. The molecule has 3 rings (SSSR count). The Morgan fingerprint density at radius 1 is 1.22 bits per heavy atom. The molecule has 1 aliphatic rings. The van der Waals surface area contributed by atoms with Gasteiger partial charge in [0.2, 0.25) is 0 Å². The molecule has 0 amide bonds. The van der Waals surface area contributed by atoms with Crippen LogP contribution in [0.4, 0.5) is 5.82 Å². The van der Waals surface area contributed by atoms with Crippen LogP contribution in [0.5, 0.6) is 0 Å². The first-order valence-electron chi connectivity index (χ1n) is 7.81. The van der Waals surface area contributed by atoms with Crippen molar-refractivity contribution in [1.82, 2.24) is 9.88 Å². The van der Waals surface area contributed by atoms with Crippen molar-refractivity contribution < 1.29 is 9.90 Å². The molecule has 0 radical (unpaired) electrons. The van der Waals surface area contributed by atoms with Gasteiger partial charge in [-0.3, -0.25) is 4.79 Å². The quantitative estimate of drug-likeness (QED) is 0.938. The fourth-order valence-corrected chi connectivity index (χ4v) is 3.12. The predicted octanol–water partition coefficient (Wildman–Crippen LogP) is 2.20. The van der Waals surface area contributed by atoms with Crippen LogP contribution in [-0.4, -0.2) is 47.6 Å². The number of carboxylic acids is 1. The summed E-state index contributed by atoms with van der Waals surface area (Å²) in [6.07, 6.45) is 1.73. The molecule has 0 bridgehead atoms. The fraction of sp³-hybridized carbons (Fsp3) is 0.333. The van der Waals surface area contributed by atoms with E-state index < -0.39 is 5.97 Å². The number of pyridine rings is 1. The van der Waals surface area contributed by atoms with Crippen molar-refractivity contribution in [1.29, 1.82) is 0 Å². The van der Waals surface area contributed by atoms with E-state index in [2.05, 4.69) is 34.0 Å². The molecule has 23 heavy (non-hydrogen) atoms. The summed E-state index contributed by atoms with van der Waals surface area (Å²) in [6, 6.07) is 14.2. The molecule has 120 valence electrons. The second kappa shape index (κ2) is 6.79. The number of likely N-dealkylation sites (N-methyl/N-ethyl adjacent to an activating group) is 1. The first-order chi connectivity index (χ1) is 11.1. The summed E-state index contributed by atoms with van der Waals surface area (Å²) in [5.41, 5.74) is 2.00. The molecule has 0 aliphatic carbocycles. The van der Waals surface area contributed by atoms with E-state index in [4.69, 9.17) is 5.11 Å². The smallest absolute Gasteiger partial charge is 0.307 e. The van der Waals surface area contributed by atoms with E-state index in [0.29, 0.717) is 0 Å². The fourth-order valence-electron chi connectivity index (χ4n) is 3.12. The van der Waals surface area contributed by atoms with E-state index in [9.17, 15) is 4.79 Å². The molecule has 1 aliphatic heterocycles. The number of anilines is 1. The van der Waals surface area contributed by atoms with Gasteiger partial charge in [0.05, 0.1) is 12.5 Å². The van der Waals surface area contributed by atoms with Crippen molar-refractivity contribution in [3.8, 4) is 0 Å². The lowest BCUT2D eigenvalue weighted by Crippen LogP contribution is -2.47. The molecule has 1 aromatic heterocycles. The van der Waals surface area contributed by atoms with Crippen molar-refractivity contribution >= 4 is 11.8 Å². The number of rotatable bonds is 4. The van der Waals surface area contributed by atoms with Gasteiger partial charge in [0.15, 0.2) is 0 Å². The minimum atomic E-state index is -0.829. The SMILES string of the molecule is CN1CCN(c2ncccc2CC(=O)O)C(c2ccccc2)C1. The van der Waals surface area contributed by atoms with Crippen LogP contribution in [0.25, 0.3) is 0 Å². The van der Waals surface area contributed by atoms with E-state index in [-0.39, 0.29) is 12.5 Å². The molecular weight excluding hydrogens is 290 g/mol. The van der Waals surface area contributed by atoms with E-state index in [0.717, 1.165) is 31.0 Å². The van der Waals surface area contributed by atoms with Gasteiger partial charge in [-0.2, -0.15) is 0 Å². The zero-order chi connectivity index (χ0) is 16.2. The average molecular weight is 311 g/mol. The minimum absolute atomic E-state index is 0.00295. The molecule has 1 atom stereocenters. The van der Waals surface area contributed by atoms with E-state index >= 15 is 0 Å². The second-order valence-electron chi connectivity index (χ2n) is 5.94. The summed E-state index contributed by atoms with van der Waals surface area (Å²) in [7, 11) is 2.11. The maximum atomic E-state index is 11.2. The Morgan fingerprint density at radius 2 is 2.00 bits per heavy atom. The van der Waals surface area contributed by atoms with Crippen LogP contribution >= 0.6 is 0 Å².